The summed E-state index contributed by atoms with van der Waals surface area (Å²) in [6.45, 7) is 8.31. The third-order valence-electron chi connectivity index (χ3n) is 3.98. The SMILES string of the molecule is CCNCC1COCCN1CCCCc1ccccc1. The van der Waals surface area contributed by atoms with Crippen molar-refractivity contribution in [1.29, 1.82) is 0 Å². The fourth-order valence-corrected chi connectivity index (χ4v) is 2.77. The van der Waals surface area contributed by atoms with Crippen molar-refractivity contribution in [3.05, 3.63) is 35.9 Å². The molecule has 1 atom stereocenters. The van der Waals surface area contributed by atoms with E-state index in [9.17, 15) is 0 Å². The Morgan fingerprint density at radius 2 is 2.10 bits per heavy atom. The van der Waals surface area contributed by atoms with Crippen molar-refractivity contribution in [2.24, 2.45) is 0 Å². The molecule has 0 amide bonds. The van der Waals surface area contributed by atoms with Crippen molar-refractivity contribution in [2.75, 3.05) is 39.4 Å². The topological polar surface area (TPSA) is 24.5 Å². The quantitative estimate of drug-likeness (QED) is 0.738. The summed E-state index contributed by atoms with van der Waals surface area (Å²) < 4.78 is 5.60. The number of rotatable bonds is 8. The van der Waals surface area contributed by atoms with Crippen LogP contribution in [-0.4, -0.2) is 50.3 Å². The van der Waals surface area contributed by atoms with Crippen molar-refractivity contribution in [2.45, 2.75) is 32.2 Å². The van der Waals surface area contributed by atoms with Gasteiger partial charge in [0.05, 0.1) is 13.2 Å². The third kappa shape index (κ3) is 5.23. The Balaban J connectivity index is 1.66. The van der Waals surface area contributed by atoms with E-state index >= 15 is 0 Å². The van der Waals surface area contributed by atoms with Gasteiger partial charge in [-0.1, -0.05) is 37.3 Å². The van der Waals surface area contributed by atoms with Gasteiger partial charge in [0, 0.05) is 19.1 Å². The van der Waals surface area contributed by atoms with Crippen LogP contribution < -0.4 is 5.32 Å². The first-order valence-corrected chi connectivity index (χ1v) is 7.96. The highest BCUT2D eigenvalue weighted by molar-refractivity contribution is 5.14. The molecule has 3 nitrogen and oxygen atoms in total. The van der Waals surface area contributed by atoms with Gasteiger partial charge < -0.3 is 10.1 Å². The molecule has 1 heterocycles. The highest BCUT2D eigenvalue weighted by Crippen LogP contribution is 2.10. The molecule has 3 heteroatoms. The minimum atomic E-state index is 0.556. The van der Waals surface area contributed by atoms with E-state index in [1.807, 2.05) is 0 Å². The summed E-state index contributed by atoms with van der Waals surface area (Å²) >= 11 is 0. The molecular formula is C17H28N2O. The maximum absolute atomic E-state index is 5.60. The maximum atomic E-state index is 5.60. The molecule has 1 saturated heterocycles. The predicted molar refractivity (Wildman–Crippen MR) is 84.1 cm³/mol. The van der Waals surface area contributed by atoms with Gasteiger partial charge in [0.2, 0.25) is 0 Å². The van der Waals surface area contributed by atoms with E-state index in [2.05, 4.69) is 47.5 Å². The van der Waals surface area contributed by atoms with Gasteiger partial charge in [0.15, 0.2) is 0 Å². The Kier molecular flexibility index (Phi) is 7.06. The molecule has 1 N–H and O–H groups in total. The molecule has 0 aromatic heterocycles. The van der Waals surface area contributed by atoms with E-state index in [4.69, 9.17) is 4.74 Å². The summed E-state index contributed by atoms with van der Waals surface area (Å²) in [5.41, 5.74) is 1.46. The van der Waals surface area contributed by atoms with Crippen LogP contribution in [0.25, 0.3) is 0 Å². The van der Waals surface area contributed by atoms with Crippen molar-refractivity contribution in [1.82, 2.24) is 10.2 Å². The first-order chi connectivity index (χ1) is 9.90. The predicted octanol–water partition coefficient (Wildman–Crippen LogP) is 2.32. The second-order valence-corrected chi connectivity index (χ2v) is 5.52. The van der Waals surface area contributed by atoms with E-state index in [0.717, 1.165) is 32.8 Å². The van der Waals surface area contributed by atoms with Crippen LogP contribution in [0.5, 0.6) is 0 Å². The van der Waals surface area contributed by atoms with E-state index < -0.39 is 0 Å². The molecule has 1 aliphatic heterocycles. The summed E-state index contributed by atoms with van der Waals surface area (Å²) in [4.78, 5) is 2.59. The number of hydrogen-bond acceptors (Lipinski definition) is 3. The van der Waals surface area contributed by atoms with Crippen LogP contribution in [0.3, 0.4) is 0 Å². The molecule has 1 unspecified atom stereocenters. The van der Waals surface area contributed by atoms with Gasteiger partial charge in [0.1, 0.15) is 0 Å². The van der Waals surface area contributed by atoms with Crippen LogP contribution in [0.15, 0.2) is 30.3 Å². The lowest BCUT2D eigenvalue weighted by atomic mass is 10.1. The Morgan fingerprint density at radius 3 is 2.90 bits per heavy atom. The highest BCUT2D eigenvalue weighted by Gasteiger charge is 2.21. The van der Waals surface area contributed by atoms with Crippen LogP contribution in [0, 0.1) is 0 Å². The molecule has 0 bridgehead atoms. The molecule has 0 radical (unpaired) electrons. The lowest BCUT2D eigenvalue weighted by Gasteiger charge is -2.35. The number of ether oxygens (including phenoxy) is 1. The van der Waals surface area contributed by atoms with Gasteiger partial charge >= 0.3 is 0 Å². The van der Waals surface area contributed by atoms with Crippen molar-refractivity contribution >= 4 is 0 Å². The highest BCUT2D eigenvalue weighted by atomic mass is 16.5. The van der Waals surface area contributed by atoms with E-state index in [0.29, 0.717) is 6.04 Å². The number of morpholine rings is 1. The zero-order valence-electron chi connectivity index (χ0n) is 12.7. The molecular weight excluding hydrogens is 248 g/mol. The minimum absolute atomic E-state index is 0.556. The zero-order valence-corrected chi connectivity index (χ0v) is 12.7. The number of likely N-dealkylation sites (N-methyl/N-ethyl adjacent to an activating group) is 1. The van der Waals surface area contributed by atoms with Crippen LogP contribution in [0.1, 0.15) is 25.3 Å². The molecule has 1 aliphatic rings. The number of aryl methyl sites for hydroxylation is 1. The van der Waals surface area contributed by atoms with E-state index in [1.54, 1.807) is 0 Å². The lowest BCUT2D eigenvalue weighted by Crippen LogP contribution is -2.50. The largest absolute Gasteiger partial charge is 0.378 e. The number of nitrogens with one attached hydrogen (secondary N) is 1. The smallest absolute Gasteiger partial charge is 0.0634 e. The molecule has 1 aromatic rings. The van der Waals surface area contributed by atoms with E-state index in [-0.39, 0.29) is 0 Å². The minimum Gasteiger partial charge on any atom is -0.378 e. The summed E-state index contributed by atoms with van der Waals surface area (Å²) in [7, 11) is 0. The normalized spacial score (nSPS) is 20.1. The van der Waals surface area contributed by atoms with Crippen molar-refractivity contribution in [3.8, 4) is 0 Å². The maximum Gasteiger partial charge on any atom is 0.0634 e. The second kappa shape index (κ2) is 9.11. The number of unbranched alkanes of at least 4 members (excludes halogenated alkanes) is 1. The summed E-state index contributed by atoms with van der Waals surface area (Å²) in [5.74, 6) is 0. The first-order valence-electron chi connectivity index (χ1n) is 7.96. The molecule has 1 fully saturated rings. The molecule has 0 aliphatic carbocycles. The van der Waals surface area contributed by atoms with Gasteiger partial charge in [-0.3, -0.25) is 4.90 Å². The number of hydrogen-bond donors (Lipinski definition) is 1. The molecule has 112 valence electrons. The zero-order chi connectivity index (χ0) is 14.0. The molecule has 1 aromatic carbocycles. The molecule has 2 rings (SSSR count). The third-order valence-corrected chi connectivity index (χ3v) is 3.98. The van der Waals surface area contributed by atoms with Crippen LogP contribution in [0.4, 0.5) is 0 Å². The second-order valence-electron chi connectivity index (χ2n) is 5.52. The Labute approximate surface area is 123 Å². The van der Waals surface area contributed by atoms with Crippen LogP contribution in [-0.2, 0) is 11.2 Å². The summed E-state index contributed by atoms with van der Waals surface area (Å²) in [6.07, 6.45) is 3.75. The van der Waals surface area contributed by atoms with Crippen molar-refractivity contribution in [3.63, 3.8) is 0 Å². The van der Waals surface area contributed by atoms with Gasteiger partial charge in [-0.2, -0.15) is 0 Å². The van der Waals surface area contributed by atoms with Crippen LogP contribution in [0.2, 0.25) is 0 Å². The fraction of sp³-hybridized carbons (Fsp3) is 0.647. The average molecular weight is 276 g/mol. The van der Waals surface area contributed by atoms with E-state index in [1.165, 1.54) is 31.4 Å². The first kappa shape index (κ1) is 15.5. The van der Waals surface area contributed by atoms with Gasteiger partial charge in [0.25, 0.3) is 0 Å². The molecule has 0 saturated carbocycles. The van der Waals surface area contributed by atoms with Gasteiger partial charge in [-0.05, 0) is 37.9 Å². The van der Waals surface area contributed by atoms with Crippen LogP contribution >= 0.6 is 0 Å². The summed E-state index contributed by atoms with van der Waals surface area (Å²) in [6, 6.07) is 11.3. The molecule has 0 spiro atoms. The monoisotopic (exact) mass is 276 g/mol. The van der Waals surface area contributed by atoms with Gasteiger partial charge in [-0.25, -0.2) is 0 Å². The van der Waals surface area contributed by atoms with Gasteiger partial charge in [-0.15, -0.1) is 0 Å². The Morgan fingerprint density at radius 1 is 1.25 bits per heavy atom. The summed E-state index contributed by atoms with van der Waals surface area (Å²) in [5, 5.41) is 3.44. The molecule has 20 heavy (non-hydrogen) atoms. The number of nitrogens with zero attached hydrogens (tertiary/aromatic N) is 1. The Hall–Kier alpha value is -0.900. The average Bonchev–Trinajstić information content (AvgIpc) is 2.51. The fourth-order valence-electron chi connectivity index (χ4n) is 2.77. The Bertz CT molecular complexity index is 355. The van der Waals surface area contributed by atoms with Crippen molar-refractivity contribution < 1.29 is 4.74 Å². The number of benzene rings is 1. The lowest BCUT2D eigenvalue weighted by molar-refractivity contribution is -0.00717. The standard InChI is InChI=1S/C17H28N2O/c1-2-18-14-17-15-20-13-12-19(17)11-7-6-10-16-8-4-3-5-9-16/h3-5,8-9,17-18H,2,6-7,10-15H2,1H3.